The number of methoxy groups -OCH3 is 1. The van der Waals surface area contributed by atoms with Crippen LogP contribution in [0, 0.1) is 13.8 Å². The minimum absolute atomic E-state index is 0.299. The van der Waals surface area contributed by atoms with Crippen LogP contribution in [-0.4, -0.2) is 23.9 Å². The largest absolute Gasteiger partial charge is 0.464 e. The minimum atomic E-state index is -0.500. The molecule has 0 bridgehead atoms. The monoisotopic (exact) mass is 221 g/mol. The number of rotatable bonds is 4. The van der Waals surface area contributed by atoms with Crippen molar-refractivity contribution in [2.24, 2.45) is 0 Å². The maximum atomic E-state index is 11.6. The van der Waals surface area contributed by atoms with Gasteiger partial charge in [0.15, 0.2) is 6.29 Å². The van der Waals surface area contributed by atoms with Crippen LogP contribution in [0.2, 0.25) is 0 Å². The smallest absolute Gasteiger partial charge is 0.355 e. The number of allylic oxidation sites excluding steroid dienone is 1. The summed E-state index contributed by atoms with van der Waals surface area (Å²) in [7, 11) is 1.30. The molecule has 0 N–H and O–H groups in total. The van der Waals surface area contributed by atoms with E-state index in [-0.39, 0.29) is 0 Å². The van der Waals surface area contributed by atoms with Crippen molar-refractivity contribution in [1.82, 2.24) is 4.57 Å². The number of hydrogen-bond donors (Lipinski definition) is 0. The van der Waals surface area contributed by atoms with Crippen LogP contribution < -0.4 is 0 Å². The van der Waals surface area contributed by atoms with Gasteiger partial charge in [0.2, 0.25) is 0 Å². The van der Waals surface area contributed by atoms with Crippen LogP contribution in [-0.2, 0) is 11.3 Å². The highest BCUT2D eigenvalue weighted by molar-refractivity contribution is 5.98. The molecule has 16 heavy (non-hydrogen) atoms. The van der Waals surface area contributed by atoms with Gasteiger partial charge in [0, 0.05) is 12.2 Å². The Labute approximate surface area is 94.5 Å². The highest BCUT2D eigenvalue weighted by atomic mass is 16.5. The zero-order valence-corrected chi connectivity index (χ0v) is 9.74. The fraction of sp³-hybridized carbons (Fsp3) is 0.333. The second-order valence-electron chi connectivity index (χ2n) is 3.48. The lowest BCUT2D eigenvalue weighted by Crippen LogP contribution is -2.12. The molecule has 4 nitrogen and oxygen atoms in total. The van der Waals surface area contributed by atoms with Crippen LogP contribution >= 0.6 is 0 Å². The van der Waals surface area contributed by atoms with E-state index in [1.54, 1.807) is 10.6 Å². The molecule has 0 fully saturated rings. The first kappa shape index (κ1) is 12.2. The van der Waals surface area contributed by atoms with E-state index in [0.29, 0.717) is 24.1 Å². The summed E-state index contributed by atoms with van der Waals surface area (Å²) in [5.74, 6) is -0.500. The number of aromatic nitrogens is 1. The Morgan fingerprint density at radius 3 is 2.56 bits per heavy atom. The molecule has 0 spiro atoms. The Balaban J connectivity index is 3.51. The van der Waals surface area contributed by atoms with E-state index >= 15 is 0 Å². The molecule has 0 aromatic carbocycles. The first-order valence-electron chi connectivity index (χ1n) is 4.92. The zero-order chi connectivity index (χ0) is 12.3. The van der Waals surface area contributed by atoms with Gasteiger partial charge < -0.3 is 9.30 Å². The Morgan fingerprint density at radius 1 is 1.50 bits per heavy atom. The van der Waals surface area contributed by atoms with E-state index in [2.05, 4.69) is 11.3 Å². The Morgan fingerprint density at radius 2 is 2.12 bits per heavy atom. The number of esters is 1. The van der Waals surface area contributed by atoms with Gasteiger partial charge in [0.25, 0.3) is 0 Å². The lowest BCUT2D eigenvalue weighted by molar-refractivity contribution is 0.0586. The molecule has 0 unspecified atom stereocenters. The van der Waals surface area contributed by atoms with Crippen molar-refractivity contribution in [2.75, 3.05) is 7.11 Å². The second-order valence-corrected chi connectivity index (χ2v) is 3.48. The van der Waals surface area contributed by atoms with Gasteiger partial charge in [-0.3, -0.25) is 4.79 Å². The highest BCUT2D eigenvalue weighted by Gasteiger charge is 2.22. The summed E-state index contributed by atoms with van der Waals surface area (Å²) in [5, 5.41) is 0. The molecule has 1 aromatic heterocycles. The molecular formula is C12H15NO3. The lowest BCUT2D eigenvalue weighted by Gasteiger charge is -2.07. The van der Waals surface area contributed by atoms with Crippen LogP contribution in [0.5, 0.6) is 0 Å². The fourth-order valence-electron chi connectivity index (χ4n) is 1.71. The zero-order valence-electron chi connectivity index (χ0n) is 9.74. The standard InChI is InChI=1S/C12H15NO3/c1-5-6-13-9(3)8(2)10(7-14)11(13)12(15)16-4/h5,7H,1,6H2,2-4H3. The molecule has 0 aliphatic carbocycles. The molecular weight excluding hydrogens is 206 g/mol. The highest BCUT2D eigenvalue weighted by Crippen LogP contribution is 2.21. The molecule has 0 aliphatic heterocycles. The first-order valence-corrected chi connectivity index (χ1v) is 4.92. The third-order valence-corrected chi connectivity index (χ3v) is 2.68. The molecule has 0 saturated heterocycles. The maximum Gasteiger partial charge on any atom is 0.355 e. The average Bonchev–Trinajstić information content (AvgIpc) is 2.53. The van der Waals surface area contributed by atoms with E-state index in [9.17, 15) is 9.59 Å². The molecule has 1 rings (SSSR count). The fourth-order valence-corrected chi connectivity index (χ4v) is 1.71. The minimum Gasteiger partial charge on any atom is -0.464 e. The van der Waals surface area contributed by atoms with Gasteiger partial charge >= 0.3 is 5.97 Å². The molecule has 0 saturated carbocycles. The third-order valence-electron chi connectivity index (χ3n) is 2.68. The van der Waals surface area contributed by atoms with Gasteiger partial charge in [0.05, 0.1) is 12.7 Å². The molecule has 0 radical (unpaired) electrons. The van der Waals surface area contributed by atoms with Crippen LogP contribution in [0.4, 0.5) is 0 Å². The Bertz CT molecular complexity index is 444. The number of ether oxygens (including phenoxy) is 1. The van der Waals surface area contributed by atoms with Crippen molar-refractivity contribution < 1.29 is 14.3 Å². The molecule has 1 aromatic rings. The SMILES string of the molecule is C=CCn1c(C)c(C)c(C=O)c1C(=O)OC. The number of hydrogen-bond acceptors (Lipinski definition) is 3. The normalized spacial score (nSPS) is 9.94. The van der Waals surface area contributed by atoms with Gasteiger partial charge in [-0.15, -0.1) is 6.58 Å². The van der Waals surface area contributed by atoms with Gasteiger partial charge in [-0.25, -0.2) is 4.79 Å². The maximum absolute atomic E-state index is 11.6. The number of carbonyl (C=O) groups is 2. The quantitative estimate of drug-likeness (QED) is 0.443. The van der Waals surface area contributed by atoms with Crippen molar-refractivity contribution >= 4 is 12.3 Å². The number of aldehydes is 1. The molecule has 0 aliphatic rings. The van der Waals surface area contributed by atoms with Crippen molar-refractivity contribution in [3.8, 4) is 0 Å². The summed E-state index contributed by atoms with van der Waals surface area (Å²) >= 11 is 0. The summed E-state index contributed by atoms with van der Waals surface area (Å²) in [5.41, 5.74) is 2.37. The molecule has 0 atom stereocenters. The predicted molar refractivity (Wildman–Crippen MR) is 60.8 cm³/mol. The van der Waals surface area contributed by atoms with Crippen LogP contribution in [0.1, 0.15) is 32.1 Å². The molecule has 4 heteroatoms. The van der Waals surface area contributed by atoms with E-state index in [0.717, 1.165) is 11.3 Å². The third kappa shape index (κ3) is 1.78. The summed E-state index contributed by atoms with van der Waals surface area (Å²) in [6.45, 7) is 7.77. The first-order chi connectivity index (χ1) is 7.58. The van der Waals surface area contributed by atoms with Crippen molar-refractivity contribution in [2.45, 2.75) is 20.4 Å². The second kappa shape index (κ2) is 4.79. The Kier molecular flexibility index (Phi) is 3.66. The summed E-state index contributed by atoms with van der Waals surface area (Å²) < 4.78 is 6.42. The van der Waals surface area contributed by atoms with Gasteiger partial charge in [-0.1, -0.05) is 6.08 Å². The van der Waals surface area contributed by atoms with E-state index < -0.39 is 5.97 Å². The van der Waals surface area contributed by atoms with E-state index in [4.69, 9.17) is 0 Å². The van der Waals surface area contributed by atoms with Crippen LogP contribution in [0.25, 0.3) is 0 Å². The topological polar surface area (TPSA) is 48.3 Å². The summed E-state index contributed by atoms with van der Waals surface area (Å²) in [6.07, 6.45) is 2.36. The Hall–Kier alpha value is -1.84. The molecule has 0 amide bonds. The van der Waals surface area contributed by atoms with Gasteiger partial charge in [0.1, 0.15) is 5.69 Å². The van der Waals surface area contributed by atoms with Crippen LogP contribution in [0.3, 0.4) is 0 Å². The van der Waals surface area contributed by atoms with Crippen molar-refractivity contribution in [3.05, 3.63) is 35.2 Å². The van der Waals surface area contributed by atoms with E-state index in [1.165, 1.54) is 7.11 Å². The molecule has 86 valence electrons. The summed E-state index contributed by atoms with van der Waals surface area (Å²) in [6, 6.07) is 0. The molecule has 1 heterocycles. The van der Waals surface area contributed by atoms with Crippen LogP contribution in [0.15, 0.2) is 12.7 Å². The average molecular weight is 221 g/mol. The number of nitrogens with zero attached hydrogens (tertiary/aromatic N) is 1. The van der Waals surface area contributed by atoms with Crippen molar-refractivity contribution in [1.29, 1.82) is 0 Å². The predicted octanol–water partition coefficient (Wildman–Crippen LogP) is 1.89. The van der Waals surface area contributed by atoms with E-state index in [1.807, 2.05) is 13.8 Å². The summed E-state index contributed by atoms with van der Waals surface area (Å²) in [4.78, 5) is 22.6. The lowest BCUT2D eigenvalue weighted by atomic mass is 10.1. The van der Waals surface area contributed by atoms with Gasteiger partial charge in [-0.2, -0.15) is 0 Å². The number of carbonyl (C=O) groups excluding carboxylic acids is 2. The van der Waals surface area contributed by atoms with Gasteiger partial charge in [-0.05, 0) is 19.4 Å². The van der Waals surface area contributed by atoms with Crippen molar-refractivity contribution in [3.63, 3.8) is 0 Å².